The number of halogens is 1. The van der Waals surface area contributed by atoms with Crippen molar-refractivity contribution in [3.05, 3.63) is 65.2 Å². The lowest BCUT2D eigenvalue weighted by molar-refractivity contribution is 0.419. The second-order valence-electron chi connectivity index (χ2n) is 5.02. The van der Waals surface area contributed by atoms with Crippen molar-refractivity contribution in [3.8, 4) is 17.0 Å². The number of fused-ring (bicyclic) bond motifs is 2. The summed E-state index contributed by atoms with van der Waals surface area (Å²) in [6.07, 6.45) is 3.93. The van der Waals surface area contributed by atoms with Crippen LogP contribution in [0.25, 0.3) is 27.8 Å². The van der Waals surface area contributed by atoms with Crippen LogP contribution in [0, 0.1) is 0 Å². The van der Waals surface area contributed by atoms with E-state index in [0.717, 1.165) is 22.3 Å². The largest absolute Gasteiger partial charge is 0.495 e. The van der Waals surface area contributed by atoms with Crippen molar-refractivity contribution in [1.29, 1.82) is 0 Å². The summed E-state index contributed by atoms with van der Waals surface area (Å²) < 4.78 is 7.31. The Morgan fingerprint density at radius 3 is 2.71 bits per heavy atom. The Kier molecular flexibility index (Phi) is 4.92. The van der Waals surface area contributed by atoms with Crippen LogP contribution in [0.4, 0.5) is 0 Å². The van der Waals surface area contributed by atoms with Gasteiger partial charge < -0.3 is 19.6 Å². The van der Waals surface area contributed by atoms with E-state index in [1.54, 1.807) is 13.2 Å². The first kappa shape index (κ1) is 17.5. The third-order valence-electron chi connectivity index (χ3n) is 3.72. The van der Waals surface area contributed by atoms with Crippen LogP contribution in [-0.2, 0) is 0 Å². The van der Waals surface area contributed by atoms with Crippen LogP contribution < -0.4 is 10.3 Å². The molecule has 0 saturated heterocycles. The molecule has 124 valence electrons. The Morgan fingerprint density at radius 2 is 1.96 bits per heavy atom. The van der Waals surface area contributed by atoms with Gasteiger partial charge in [-0.25, -0.2) is 4.98 Å². The number of benzene rings is 1. The number of H-pyrrole nitrogens is 1. The molecule has 0 spiro atoms. The fourth-order valence-corrected chi connectivity index (χ4v) is 2.68. The highest BCUT2D eigenvalue weighted by Crippen LogP contribution is 2.32. The second kappa shape index (κ2) is 6.74. The van der Waals surface area contributed by atoms with Gasteiger partial charge >= 0.3 is 0 Å². The molecular formula is C17H16ClN3O3. The maximum Gasteiger partial charge on any atom is 0.248 e. The zero-order chi connectivity index (χ0) is 15.1. The van der Waals surface area contributed by atoms with Crippen LogP contribution in [0.2, 0.25) is 0 Å². The van der Waals surface area contributed by atoms with Crippen LogP contribution in [-0.4, -0.2) is 27.0 Å². The molecule has 0 bridgehead atoms. The van der Waals surface area contributed by atoms with Crippen molar-refractivity contribution < 1.29 is 10.2 Å². The average Bonchev–Trinajstić information content (AvgIpc) is 2.97. The number of ether oxygens (including phenoxy) is 1. The number of aromatic amines is 1. The van der Waals surface area contributed by atoms with Gasteiger partial charge in [0.15, 0.2) is 0 Å². The van der Waals surface area contributed by atoms with E-state index in [2.05, 4.69) is 9.97 Å². The summed E-state index contributed by atoms with van der Waals surface area (Å²) in [5.74, 6) is 0.639. The van der Waals surface area contributed by atoms with Crippen molar-refractivity contribution in [2.24, 2.45) is 0 Å². The molecule has 0 aliphatic heterocycles. The molecule has 1 aromatic carbocycles. The summed E-state index contributed by atoms with van der Waals surface area (Å²) in [6, 6.07) is 13.0. The molecule has 3 heterocycles. The van der Waals surface area contributed by atoms with Crippen LogP contribution in [0.1, 0.15) is 0 Å². The summed E-state index contributed by atoms with van der Waals surface area (Å²) in [5, 5.41) is 0.905. The van der Waals surface area contributed by atoms with E-state index in [0.29, 0.717) is 11.3 Å². The Balaban J connectivity index is 0.00000104. The molecule has 0 aliphatic rings. The third-order valence-corrected chi connectivity index (χ3v) is 3.72. The maximum atomic E-state index is 11.6. The topological polar surface area (TPSA) is 90.9 Å². The molecule has 0 atom stereocenters. The van der Waals surface area contributed by atoms with E-state index < -0.39 is 0 Å². The number of nitrogens with one attached hydrogen (secondary N) is 1. The third kappa shape index (κ3) is 2.73. The number of nitrogens with zero attached hydrogens (tertiary/aromatic N) is 2. The quantitative estimate of drug-likeness (QED) is 0.605. The van der Waals surface area contributed by atoms with Gasteiger partial charge in [-0.2, -0.15) is 0 Å². The second-order valence-corrected chi connectivity index (χ2v) is 5.02. The number of methoxy groups -OCH3 is 1. The van der Waals surface area contributed by atoms with E-state index in [4.69, 9.17) is 4.74 Å². The molecule has 3 N–H and O–H groups in total. The van der Waals surface area contributed by atoms with E-state index in [9.17, 15) is 4.79 Å². The minimum Gasteiger partial charge on any atom is -0.495 e. The van der Waals surface area contributed by atoms with Gasteiger partial charge in [0, 0.05) is 29.4 Å². The van der Waals surface area contributed by atoms with Gasteiger partial charge in [-0.1, -0.05) is 6.07 Å². The summed E-state index contributed by atoms with van der Waals surface area (Å²) in [4.78, 5) is 19.1. The predicted molar refractivity (Wildman–Crippen MR) is 96.2 cm³/mol. The lowest BCUT2D eigenvalue weighted by Crippen LogP contribution is -2.04. The smallest absolute Gasteiger partial charge is 0.248 e. The molecule has 6 nitrogen and oxygen atoms in total. The van der Waals surface area contributed by atoms with E-state index in [-0.39, 0.29) is 23.4 Å². The number of hydrogen-bond acceptors (Lipinski definition) is 3. The van der Waals surface area contributed by atoms with E-state index in [1.807, 2.05) is 47.1 Å². The molecule has 0 radical (unpaired) electrons. The molecule has 0 amide bonds. The van der Waals surface area contributed by atoms with Crippen molar-refractivity contribution in [2.75, 3.05) is 7.11 Å². The summed E-state index contributed by atoms with van der Waals surface area (Å²) in [6.45, 7) is 0. The predicted octanol–water partition coefficient (Wildman–Crippen LogP) is 2.45. The van der Waals surface area contributed by atoms with Gasteiger partial charge in [0.2, 0.25) is 5.56 Å². The van der Waals surface area contributed by atoms with Gasteiger partial charge in [0.05, 0.1) is 18.3 Å². The lowest BCUT2D eigenvalue weighted by Gasteiger charge is -2.08. The van der Waals surface area contributed by atoms with Crippen molar-refractivity contribution in [1.82, 2.24) is 14.4 Å². The number of imidazole rings is 1. The monoisotopic (exact) mass is 345 g/mol. The fourth-order valence-electron chi connectivity index (χ4n) is 2.68. The van der Waals surface area contributed by atoms with Gasteiger partial charge in [0.1, 0.15) is 11.4 Å². The molecule has 0 saturated carbocycles. The molecule has 4 aromatic rings. The van der Waals surface area contributed by atoms with E-state index >= 15 is 0 Å². The number of hydrogen-bond donors (Lipinski definition) is 1. The fraction of sp³-hybridized carbons (Fsp3) is 0.0588. The SMILES string of the molecule is COc1ccc(-c2cn3ccccc3n2)c2ccc(=O)[nH]c12.Cl.O. The van der Waals surface area contributed by atoms with Crippen molar-refractivity contribution in [2.45, 2.75) is 0 Å². The number of pyridine rings is 2. The zero-order valence-corrected chi connectivity index (χ0v) is 13.6. The minimum absolute atomic E-state index is 0. The zero-order valence-electron chi connectivity index (χ0n) is 12.8. The highest BCUT2D eigenvalue weighted by atomic mass is 35.5. The Bertz CT molecular complexity index is 1020. The highest BCUT2D eigenvalue weighted by Gasteiger charge is 2.11. The first-order valence-corrected chi connectivity index (χ1v) is 6.90. The first-order valence-electron chi connectivity index (χ1n) is 6.90. The molecular weight excluding hydrogens is 330 g/mol. The molecule has 24 heavy (non-hydrogen) atoms. The van der Waals surface area contributed by atoms with Crippen LogP contribution in [0.5, 0.6) is 5.75 Å². The standard InChI is InChI=1S/C17H13N3O2.ClH.H2O/c1-22-14-7-5-11(12-6-8-16(21)19-17(12)14)13-10-20-9-3-2-4-15(20)18-13;;/h2-10H,1H3,(H,19,21);1H;1H2. The lowest BCUT2D eigenvalue weighted by atomic mass is 10.1. The number of rotatable bonds is 2. The number of aromatic nitrogens is 3. The molecule has 0 fully saturated rings. The highest BCUT2D eigenvalue weighted by molar-refractivity contribution is 5.97. The Morgan fingerprint density at radius 1 is 1.12 bits per heavy atom. The Labute approximate surface area is 143 Å². The molecule has 0 aliphatic carbocycles. The van der Waals surface area contributed by atoms with Gasteiger partial charge in [-0.3, -0.25) is 4.79 Å². The Hall–Kier alpha value is -2.83. The molecule has 4 rings (SSSR count). The van der Waals surface area contributed by atoms with Crippen LogP contribution >= 0.6 is 12.4 Å². The maximum absolute atomic E-state index is 11.6. The summed E-state index contributed by atoms with van der Waals surface area (Å²) in [5.41, 5.74) is 3.22. The van der Waals surface area contributed by atoms with Crippen molar-refractivity contribution >= 4 is 29.0 Å². The van der Waals surface area contributed by atoms with Gasteiger partial charge in [0.25, 0.3) is 0 Å². The van der Waals surface area contributed by atoms with Crippen LogP contribution in [0.3, 0.4) is 0 Å². The van der Waals surface area contributed by atoms with Gasteiger partial charge in [-0.15, -0.1) is 12.4 Å². The van der Waals surface area contributed by atoms with Crippen molar-refractivity contribution in [3.63, 3.8) is 0 Å². The average molecular weight is 346 g/mol. The first-order chi connectivity index (χ1) is 10.8. The normalized spacial score (nSPS) is 10.2. The van der Waals surface area contributed by atoms with E-state index in [1.165, 1.54) is 6.07 Å². The molecule has 3 aromatic heterocycles. The molecule has 7 heteroatoms. The summed E-state index contributed by atoms with van der Waals surface area (Å²) >= 11 is 0. The van der Waals surface area contributed by atoms with Crippen LogP contribution in [0.15, 0.2) is 59.7 Å². The molecule has 0 unspecified atom stereocenters. The summed E-state index contributed by atoms with van der Waals surface area (Å²) in [7, 11) is 1.59. The minimum atomic E-state index is -0.155. The van der Waals surface area contributed by atoms with Gasteiger partial charge in [-0.05, 0) is 30.3 Å².